The van der Waals surface area contributed by atoms with Crippen molar-refractivity contribution in [3.63, 3.8) is 0 Å². The third-order valence-corrected chi connectivity index (χ3v) is 4.10. The zero-order valence-corrected chi connectivity index (χ0v) is 11.1. The lowest BCUT2D eigenvalue weighted by Crippen LogP contribution is -1.95. The van der Waals surface area contributed by atoms with Crippen LogP contribution in [0.15, 0.2) is 36.5 Å². The van der Waals surface area contributed by atoms with Gasteiger partial charge in [-0.25, -0.2) is 4.79 Å². The third kappa shape index (κ3) is 2.02. The van der Waals surface area contributed by atoms with E-state index in [-0.39, 0.29) is 5.56 Å². The number of carboxylic acids is 1. The molecule has 0 unspecified atom stereocenters. The zero-order valence-electron chi connectivity index (χ0n) is 10.3. The van der Waals surface area contributed by atoms with Gasteiger partial charge in [0.15, 0.2) is 0 Å². The first-order valence-corrected chi connectivity index (χ1v) is 6.80. The monoisotopic (exact) mass is 272 g/mol. The largest absolute Gasteiger partial charge is 0.478 e. The molecule has 3 rings (SSSR count). The van der Waals surface area contributed by atoms with Gasteiger partial charge in [0.25, 0.3) is 0 Å². The summed E-state index contributed by atoms with van der Waals surface area (Å²) in [7, 11) is 0. The van der Waals surface area contributed by atoms with E-state index < -0.39 is 5.97 Å². The number of fused-ring (bicyclic) bond motifs is 1. The number of nitrogens with zero attached hydrogens (tertiary/aromatic N) is 2. The van der Waals surface area contributed by atoms with E-state index >= 15 is 0 Å². The van der Waals surface area contributed by atoms with Gasteiger partial charge in [0, 0.05) is 17.4 Å². The van der Waals surface area contributed by atoms with Crippen LogP contribution < -0.4 is 0 Å². The first-order valence-electron chi connectivity index (χ1n) is 5.98. The number of carbonyl (C=O) groups is 1. The van der Waals surface area contributed by atoms with Crippen molar-refractivity contribution in [2.45, 2.75) is 13.5 Å². The second-order valence-electron chi connectivity index (χ2n) is 4.20. The van der Waals surface area contributed by atoms with Gasteiger partial charge in [-0.15, -0.1) is 11.3 Å². The van der Waals surface area contributed by atoms with Gasteiger partial charge in [-0.05, 0) is 24.4 Å². The number of rotatable bonds is 3. The molecule has 5 heteroatoms. The Hall–Kier alpha value is -2.14. The summed E-state index contributed by atoms with van der Waals surface area (Å²) < 4.78 is 2.79. The van der Waals surface area contributed by atoms with Crippen molar-refractivity contribution in [1.29, 1.82) is 0 Å². The lowest BCUT2D eigenvalue weighted by atomic mass is 10.2. The predicted molar refractivity (Wildman–Crippen MR) is 75.7 cm³/mol. The average molecular weight is 272 g/mol. The van der Waals surface area contributed by atoms with Gasteiger partial charge in [0.05, 0.1) is 4.88 Å². The van der Waals surface area contributed by atoms with Crippen LogP contribution in [-0.4, -0.2) is 20.9 Å². The predicted octanol–water partition coefficient (Wildman–Crippen LogP) is 3.48. The van der Waals surface area contributed by atoms with Gasteiger partial charge in [-0.3, -0.25) is 4.68 Å². The normalized spacial score (nSPS) is 11.0. The highest BCUT2D eigenvalue weighted by Crippen LogP contribution is 2.34. The Morgan fingerprint density at radius 3 is 2.89 bits per heavy atom. The van der Waals surface area contributed by atoms with Gasteiger partial charge in [0.2, 0.25) is 0 Å². The molecule has 0 atom stereocenters. The van der Waals surface area contributed by atoms with E-state index in [1.54, 1.807) is 22.2 Å². The Bertz CT molecular complexity index is 725. The average Bonchev–Trinajstić information content (AvgIpc) is 3.02. The maximum absolute atomic E-state index is 11.3. The van der Waals surface area contributed by atoms with Crippen LogP contribution in [0.3, 0.4) is 0 Å². The lowest BCUT2D eigenvalue weighted by molar-refractivity contribution is 0.0697. The summed E-state index contributed by atoms with van der Waals surface area (Å²) in [4.78, 5) is 12.2. The maximum atomic E-state index is 11.3. The fourth-order valence-electron chi connectivity index (χ4n) is 2.02. The quantitative estimate of drug-likeness (QED) is 0.794. The van der Waals surface area contributed by atoms with E-state index in [1.807, 2.05) is 37.3 Å². The fraction of sp³-hybridized carbons (Fsp3) is 0.143. The van der Waals surface area contributed by atoms with E-state index in [0.717, 1.165) is 15.0 Å². The number of carboxylic acid groups (broad SMARTS) is 1. The highest BCUT2D eigenvalue weighted by atomic mass is 32.1. The molecule has 2 heterocycles. The molecule has 0 aliphatic rings. The van der Waals surface area contributed by atoms with Gasteiger partial charge >= 0.3 is 5.97 Å². The molecule has 1 aromatic carbocycles. The number of hydrogen-bond acceptors (Lipinski definition) is 3. The number of aromatic carboxylic acids is 1. The molecule has 0 spiro atoms. The molecular formula is C14H12N2O2S. The van der Waals surface area contributed by atoms with Gasteiger partial charge in [0.1, 0.15) is 11.3 Å². The number of thiophene rings is 1. The maximum Gasteiger partial charge on any atom is 0.339 e. The summed E-state index contributed by atoms with van der Waals surface area (Å²) in [6.45, 7) is 2.60. The first-order chi connectivity index (χ1) is 9.19. The summed E-state index contributed by atoms with van der Waals surface area (Å²) in [5.41, 5.74) is 0.809. The van der Waals surface area contributed by atoms with Crippen molar-refractivity contribution in [2.75, 3.05) is 0 Å². The van der Waals surface area contributed by atoms with Gasteiger partial charge < -0.3 is 5.11 Å². The van der Waals surface area contributed by atoms with Crippen LogP contribution in [0.25, 0.3) is 20.7 Å². The Labute approximate surface area is 113 Å². The number of aryl methyl sites for hydroxylation is 1. The molecule has 3 aromatic rings. The summed E-state index contributed by atoms with van der Waals surface area (Å²) in [5.74, 6) is -0.938. The van der Waals surface area contributed by atoms with E-state index in [2.05, 4.69) is 5.10 Å². The Morgan fingerprint density at radius 1 is 1.42 bits per heavy atom. The standard InChI is InChI=1S/C14H12N2O2S/c1-2-16-8-10(14(17)18)13(15-16)12-7-9-5-3-4-6-11(9)19-12/h3-8H,2H2,1H3,(H,17,18). The summed E-state index contributed by atoms with van der Waals surface area (Å²) >= 11 is 1.57. The fourth-order valence-corrected chi connectivity index (χ4v) is 3.08. The van der Waals surface area contributed by atoms with E-state index in [1.165, 1.54) is 0 Å². The first kappa shape index (κ1) is 11.9. The van der Waals surface area contributed by atoms with Crippen molar-refractivity contribution in [3.05, 3.63) is 42.1 Å². The van der Waals surface area contributed by atoms with Crippen LogP contribution in [0, 0.1) is 0 Å². The van der Waals surface area contributed by atoms with Crippen LogP contribution in [0.4, 0.5) is 0 Å². The van der Waals surface area contributed by atoms with Crippen LogP contribution in [-0.2, 0) is 6.54 Å². The summed E-state index contributed by atoms with van der Waals surface area (Å²) in [5, 5.41) is 14.7. The number of aromatic nitrogens is 2. The molecule has 0 saturated heterocycles. The van der Waals surface area contributed by atoms with Crippen LogP contribution in [0.5, 0.6) is 0 Å². The van der Waals surface area contributed by atoms with Crippen LogP contribution >= 0.6 is 11.3 Å². The molecule has 0 aliphatic heterocycles. The molecular weight excluding hydrogens is 260 g/mol. The lowest BCUT2D eigenvalue weighted by Gasteiger charge is -1.93. The second kappa shape index (κ2) is 4.51. The Kier molecular flexibility index (Phi) is 2.83. The smallest absolute Gasteiger partial charge is 0.339 e. The number of benzene rings is 1. The van der Waals surface area contributed by atoms with Crippen molar-refractivity contribution < 1.29 is 9.90 Å². The van der Waals surface area contributed by atoms with Crippen molar-refractivity contribution >= 4 is 27.4 Å². The molecule has 2 aromatic heterocycles. The van der Waals surface area contributed by atoms with Crippen molar-refractivity contribution in [1.82, 2.24) is 9.78 Å². The molecule has 0 aliphatic carbocycles. The highest BCUT2D eigenvalue weighted by Gasteiger charge is 2.18. The topological polar surface area (TPSA) is 55.1 Å². The molecule has 19 heavy (non-hydrogen) atoms. The van der Waals surface area contributed by atoms with E-state index in [9.17, 15) is 9.90 Å². The van der Waals surface area contributed by atoms with Crippen LogP contribution in [0.1, 0.15) is 17.3 Å². The SMILES string of the molecule is CCn1cc(C(=O)O)c(-c2cc3ccccc3s2)n1. The molecule has 1 N–H and O–H groups in total. The minimum absolute atomic E-state index is 0.258. The van der Waals surface area contributed by atoms with Gasteiger partial charge in [-0.1, -0.05) is 18.2 Å². The summed E-state index contributed by atoms with van der Waals surface area (Å²) in [6.07, 6.45) is 1.59. The molecule has 0 radical (unpaired) electrons. The number of hydrogen-bond donors (Lipinski definition) is 1. The summed E-state index contributed by atoms with van der Waals surface area (Å²) in [6, 6.07) is 10.00. The molecule has 0 amide bonds. The molecule has 0 bridgehead atoms. The molecule has 0 saturated carbocycles. The second-order valence-corrected chi connectivity index (χ2v) is 5.28. The zero-order chi connectivity index (χ0) is 13.4. The Balaban J connectivity index is 2.19. The van der Waals surface area contributed by atoms with Crippen molar-refractivity contribution in [2.24, 2.45) is 0 Å². The van der Waals surface area contributed by atoms with Gasteiger partial charge in [-0.2, -0.15) is 5.10 Å². The molecule has 4 nitrogen and oxygen atoms in total. The Morgan fingerprint density at radius 2 is 2.21 bits per heavy atom. The van der Waals surface area contributed by atoms with E-state index in [4.69, 9.17) is 0 Å². The molecule has 0 fully saturated rings. The molecule has 96 valence electrons. The highest BCUT2D eigenvalue weighted by molar-refractivity contribution is 7.22. The van der Waals surface area contributed by atoms with Crippen LogP contribution in [0.2, 0.25) is 0 Å². The minimum Gasteiger partial charge on any atom is -0.478 e. The third-order valence-electron chi connectivity index (χ3n) is 2.98. The van der Waals surface area contributed by atoms with Crippen molar-refractivity contribution in [3.8, 4) is 10.6 Å². The minimum atomic E-state index is -0.938. The van der Waals surface area contributed by atoms with E-state index in [0.29, 0.717) is 12.2 Å².